The molecule has 0 radical (unpaired) electrons. The van der Waals surface area contributed by atoms with Crippen molar-refractivity contribution in [2.24, 2.45) is 0 Å². The van der Waals surface area contributed by atoms with E-state index in [0.29, 0.717) is 5.82 Å². The van der Waals surface area contributed by atoms with Gasteiger partial charge in [-0.25, -0.2) is 0 Å². The van der Waals surface area contributed by atoms with Crippen LogP contribution in [0.5, 0.6) is 5.75 Å². The highest BCUT2D eigenvalue weighted by Gasteiger charge is 2.08. The molecule has 0 saturated carbocycles. The lowest BCUT2D eigenvalue weighted by Crippen LogP contribution is -2.22. The molecular formula is C21H23N5O2. The van der Waals surface area contributed by atoms with E-state index in [1.807, 2.05) is 54.4 Å². The van der Waals surface area contributed by atoms with Crippen molar-refractivity contribution < 1.29 is 9.53 Å². The van der Waals surface area contributed by atoms with Crippen LogP contribution >= 0.6 is 0 Å². The summed E-state index contributed by atoms with van der Waals surface area (Å²) in [7, 11) is 3.58. The molecule has 0 unspecified atom stereocenters. The fraction of sp³-hybridized carbons (Fsp3) is 0.238. The standard InChI is InChI=1S/C21H23N5O2/c1-26(14-11-16-9-12-22-13-10-16)20-8-7-19(24-25-20)23-21(27)15-17-3-5-18(28-2)6-4-17/h3-10,12-13H,11,14-15H2,1-2H3,(H,23,24,27). The summed E-state index contributed by atoms with van der Waals surface area (Å²) in [5, 5.41) is 11.1. The van der Waals surface area contributed by atoms with E-state index in [-0.39, 0.29) is 12.3 Å². The van der Waals surface area contributed by atoms with E-state index in [9.17, 15) is 4.79 Å². The smallest absolute Gasteiger partial charge is 0.229 e. The average Bonchev–Trinajstić information content (AvgIpc) is 2.74. The van der Waals surface area contributed by atoms with Gasteiger partial charge in [-0.05, 0) is 53.9 Å². The van der Waals surface area contributed by atoms with Crippen LogP contribution in [0.4, 0.5) is 11.6 Å². The molecular weight excluding hydrogens is 354 g/mol. The molecule has 1 amide bonds. The second kappa shape index (κ2) is 9.45. The van der Waals surface area contributed by atoms with E-state index in [1.54, 1.807) is 25.6 Å². The number of carbonyl (C=O) groups excluding carboxylic acids is 1. The first-order valence-electron chi connectivity index (χ1n) is 9.00. The van der Waals surface area contributed by atoms with Crippen LogP contribution < -0.4 is 15.0 Å². The Hall–Kier alpha value is -3.48. The van der Waals surface area contributed by atoms with E-state index in [0.717, 1.165) is 30.1 Å². The Morgan fingerprint density at radius 3 is 2.39 bits per heavy atom. The largest absolute Gasteiger partial charge is 0.497 e. The predicted octanol–water partition coefficient (Wildman–Crippen LogP) is 2.74. The van der Waals surface area contributed by atoms with Crippen LogP contribution in [-0.4, -0.2) is 41.8 Å². The maximum absolute atomic E-state index is 12.2. The zero-order valence-electron chi connectivity index (χ0n) is 16.0. The van der Waals surface area contributed by atoms with Gasteiger partial charge in [0, 0.05) is 26.0 Å². The normalized spacial score (nSPS) is 10.4. The van der Waals surface area contributed by atoms with Crippen LogP contribution in [0.15, 0.2) is 60.9 Å². The summed E-state index contributed by atoms with van der Waals surface area (Å²) in [6, 6.07) is 15.0. The van der Waals surface area contributed by atoms with Crippen molar-refractivity contribution in [3.8, 4) is 5.75 Å². The molecule has 0 aliphatic heterocycles. The third-order valence-electron chi connectivity index (χ3n) is 4.32. The quantitative estimate of drug-likeness (QED) is 0.650. The lowest BCUT2D eigenvalue weighted by Gasteiger charge is -2.17. The van der Waals surface area contributed by atoms with E-state index < -0.39 is 0 Å². The van der Waals surface area contributed by atoms with Gasteiger partial charge < -0.3 is 15.0 Å². The molecule has 28 heavy (non-hydrogen) atoms. The van der Waals surface area contributed by atoms with Crippen molar-refractivity contribution in [1.29, 1.82) is 0 Å². The van der Waals surface area contributed by atoms with Gasteiger partial charge in [0.1, 0.15) is 5.75 Å². The second-order valence-corrected chi connectivity index (χ2v) is 6.38. The Morgan fingerprint density at radius 1 is 1.00 bits per heavy atom. The van der Waals surface area contributed by atoms with Crippen molar-refractivity contribution in [1.82, 2.24) is 15.2 Å². The summed E-state index contributed by atoms with van der Waals surface area (Å²) >= 11 is 0. The molecule has 0 atom stereocenters. The highest BCUT2D eigenvalue weighted by molar-refractivity contribution is 5.91. The third kappa shape index (κ3) is 5.51. The molecule has 7 nitrogen and oxygen atoms in total. The topological polar surface area (TPSA) is 80.2 Å². The molecule has 0 saturated heterocycles. The molecule has 0 fully saturated rings. The second-order valence-electron chi connectivity index (χ2n) is 6.38. The summed E-state index contributed by atoms with van der Waals surface area (Å²) in [5.74, 6) is 1.81. The number of pyridine rings is 1. The van der Waals surface area contributed by atoms with Gasteiger partial charge in [0.15, 0.2) is 11.6 Å². The van der Waals surface area contributed by atoms with Gasteiger partial charge in [-0.1, -0.05) is 12.1 Å². The van der Waals surface area contributed by atoms with E-state index in [2.05, 4.69) is 20.5 Å². The SMILES string of the molecule is COc1ccc(CC(=O)Nc2ccc(N(C)CCc3ccncc3)nn2)cc1. The predicted molar refractivity (Wildman–Crippen MR) is 109 cm³/mol. The van der Waals surface area contributed by atoms with Crippen LogP contribution in [0.25, 0.3) is 0 Å². The Kier molecular flexibility index (Phi) is 6.51. The Balaban J connectivity index is 1.50. The number of amides is 1. The van der Waals surface area contributed by atoms with Gasteiger partial charge in [0.05, 0.1) is 13.5 Å². The van der Waals surface area contributed by atoms with Crippen molar-refractivity contribution in [3.63, 3.8) is 0 Å². The first kappa shape index (κ1) is 19.3. The fourth-order valence-electron chi connectivity index (χ4n) is 2.67. The maximum atomic E-state index is 12.2. The van der Waals surface area contributed by atoms with Crippen molar-refractivity contribution in [3.05, 3.63) is 72.1 Å². The number of methoxy groups -OCH3 is 1. The van der Waals surface area contributed by atoms with Gasteiger partial charge in [-0.3, -0.25) is 9.78 Å². The lowest BCUT2D eigenvalue weighted by molar-refractivity contribution is -0.115. The van der Waals surface area contributed by atoms with Crippen LogP contribution in [0, 0.1) is 0 Å². The maximum Gasteiger partial charge on any atom is 0.229 e. The van der Waals surface area contributed by atoms with Crippen LogP contribution in [0.3, 0.4) is 0 Å². The number of anilines is 2. The molecule has 0 bridgehead atoms. The molecule has 0 spiro atoms. The fourth-order valence-corrected chi connectivity index (χ4v) is 2.67. The summed E-state index contributed by atoms with van der Waals surface area (Å²) in [4.78, 5) is 18.2. The highest BCUT2D eigenvalue weighted by Crippen LogP contribution is 2.14. The molecule has 144 valence electrons. The molecule has 3 rings (SSSR count). The zero-order valence-corrected chi connectivity index (χ0v) is 16.0. The number of hydrogen-bond acceptors (Lipinski definition) is 6. The number of aromatic nitrogens is 3. The van der Waals surface area contributed by atoms with E-state index in [4.69, 9.17) is 4.74 Å². The molecule has 0 aliphatic rings. The number of benzene rings is 1. The minimum atomic E-state index is -0.141. The number of ether oxygens (including phenoxy) is 1. The van der Waals surface area contributed by atoms with Crippen molar-refractivity contribution in [2.45, 2.75) is 12.8 Å². The first-order chi connectivity index (χ1) is 13.6. The zero-order chi connectivity index (χ0) is 19.8. The molecule has 2 aromatic heterocycles. The van der Waals surface area contributed by atoms with Crippen molar-refractivity contribution in [2.75, 3.05) is 30.9 Å². The minimum absolute atomic E-state index is 0.141. The van der Waals surface area contributed by atoms with Gasteiger partial charge in [0.25, 0.3) is 0 Å². The molecule has 2 heterocycles. The molecule has 0 aliphatic carbocycles. The van der Waals surface area contributed by atoms with Gasteiger partial charge >= 0.3 is 0 Å². The number of rotatable bonds is 8. The summed E-state index contributed by atoms with van der Waals surface area (Å²) in [6.45, 7) is 0.807. The van der Waals surface area contributed by atoms with Crippen LogP contribution in [-0.2, 0) is 17.6 Å². The first-order valence-corrected chi connectivity index (χ1v) is 9.00. The Morgan fingerprint density at radius 2 is 1.75 bits per heavy atom. The molecule has 1 N–H and O–H groups in total. The van der Waals surface area contributed by atoms with Crippen molar-refractivity contribution >= 4 is 17.5 Å². The van der Waals surface area contributed by atoms with E-state index in [1.165, 1.54) is 5.56 Å². The van der Waals surface area contributed by atoms with Crippen LogP contribution in [0.2, 0.25) is 0 Å². The Labute approximate surface area is 164 Å². The third-order valence-corrected chi connectivity index (χ3v) is 4.32. The Bertz CT molecular complexity index is 883. The number of nitrogens with one attached hydrogen (secondary N) is 1. The molecule has 1 aromatic carbocycles. The van der Waals surface area contributed by atoms with Crippen LogP contribution in [0.1, 0.15) is 11.1 Å². The number of likely N-dealkylation sites (N-methyl/N-ethyl adjacent to an activating group) is 1. The number of nitrogens with zero attached hydrogens (tertiary/aromatic N) is 4. The number of carbonyl (C=O) groups is 1. The molecule has 3 aromatic rings. The summed E-state index contributed by atoms with van der Waals surface area (Å²) in [6.07, 6.45) is 4.73. The average molecular weight is 377 g/mol. The highest BCUT2D eigenvalue weighted by atomic mass is 16.5. The van der Waals surface area contributed by atoms with Gasteiger partial charge in [-0.15, -0.1) is 10.2 Å². The number of hydrogen-bond donors (Lipinski definition) is 1. The van der Waals surface area contributed by atoms with Gasteiger partial charge in [0.2, 0.25) is 5.91 Å². The minimum Gasteiger partial charge on any atom is -0.497 e. The van der Waals surface area contributed by atoms with Gasteiger partial charge in [-0.2, -0.15) is 0 Å². The summed E-state index contributed by atoms with van der Waals surface area (Å²) < 4.78 is 5.12. The monoisotopic (exact) mass is 377 g/mol. The summed E-state index contributed by atoms with van der Waals surface area (Å²) in [5.41, 5.74) is 2.12. The molecule has 7 heteroatoms. The lowest BCUT2D eigenvalue weighted by atomic mass is 10.1. The van der Waals surface area contributed by atoms with E-state index >= 15 is 0 Å².